The molecule has 0 bridgehead atoms. The normalized spacial score (nSPS) is 11.5. The van der Waals surface area contributed by atoms with E-state index in [0.717, 1.165) is 0 Å². The summed E-state index contributed by atoms with van der Waals surface area (Å²) in [5.41, 5.74) is 0.631. The Bertz CT molecular complexity index is 505. The van der Waals surface area contributed by atoms with Crippen molar-refractivity contribution in [2.45, 2.75) is 6.92 Å². The van der Waals surface area contributed by atoms with Crippen LogP contribution in [0.5, 0.6) is 0 Å². The van der Waals surface area contributed by atoms with Crippen molar-refractivity contribution in [2.24, 2.45) is 0 Å². The third-order valence-corrected chi connectivity index (χ3v) is 5.68. The molecule has 0 spiro atoms. The van der Waals surface area contributed by atoms with Crippen LogP contribution in [0.3, 0.4) is 0 Å². The lowest BCUT2D eigenvalue weighted by Crippen LogP contribution is -2.17. The van der Waals surface area contributed by atoms with Gasteiger partial charge < -0.3 is 5.32 Å². The van der Waals surface area contributed by atoms with Gasteiger partial charge in [-0.05, 0) is 28.1 Å². The van der Waals surface area contributed by atoms with E-state index >= 15 is 0 Å². The van der Waals surface area contributed by atoms with Crippen LogP contribution in [-0.2, 0) is 9.84 Å². The quantitative estimate of drug-likeness (QED) is 0.816. The van der Waals surface area contributed by atoms with Gasteiger partial charge in [0.25, 0.3) is 0 Å². The van der Waals surface area contributed by atoms with E-state index in [4.69, 9.17) is 23.2 Å². The summed E-state index contributed by atoms with van der Waals surface area (Å²) >= 11 is 15.2. The summed E-state index contributed by atoms with van der Waals surface area (Å²) < 4.78 is 23.3. The number of nitrogens with one attached hydrogen (secondary N) is 1. The zero-order valence-electron chi connectivity index (χ0n) is 9.13. The topological polar surface area (TPSA) is 46.2 Å². The van der Waals surface area contributed by atoms with Gasteiger partial charge in [-0.1, -0.05) is 30.1 Å². The third kappa shape index (κ3) is 4.32. The van der Waals surface area contributed by atoms with Gasteiger partial charge in [0, 0.05) is 16.8 Å². The summed E-state index contributed by atoms with van der Waals surface area (Å²) in [4.78, 5) is 0. The number of hydrogen-bond donors (Lipinski definition) is 1. The van der Waals surface area contributed by atoms with Crippen molar-refractivity contribution in [3.63, 3.8) is 0 Å². The van der Waals surface area contributed by atoms with Crippen molar-refractivity contribution in [3.8, 4) is 0 Å². The van der Waals surface area contributed by atoms with E-state index in [1.807, 2.05) is 0 Å². The molecule has 0 saturated heterocycles. The molecule has 1 N–H and O–H groups in total. The predicted octanol–water partition coefficient (Wildman–Crippen LogP) is 3.60. The second-order valence-electron chi connectivity index (χ2n) is 3.39. The molecule has 0 saturated carbocycles. The van der Waals surface area contributed by atoms with E-state index in [1.54, 1.807) is 19.1 Å². The van der Waals surface area contributed by atoms with Gasteiger partial charge in [0.1, 0.15) is 0 Å². The third-order valence-electron chi connectivity index (χ3n) is 2.20. The van der Waals surface area contributed by atoms with Crippen LogP contribution in [-0.4, -0.2) is 26.5 Å². The fraction of sp³-hybridized carbons (Fsp3) is 0.400. The summed E-state index contributed by atoms with van der Waals surface area (Å²) in [6, 6.07) is 3.50. The molecule has 0 atom stereocenters. The van der Waals surface area contributed by atoms with E-state index in [2.05, 4.69) is 21.2 Å². The molecule has 1 aromatic rings. The fourth-order valence-electron chi connectivity index (χ4n) is 1.15. The molecule has 0 amide bonds. The van der Waals surface area contributed by atoms with Gasteiger partial charge >= 0.3 is 0 Å². The second kappa shape index (κ2) is 6.27. The largest absolute Gasteiger partial charge is 0.383 e. The highest BCUT2D eigenvalue weighted by Gasteiger charge is 2.10. The highest BCUT2D eigenvalue weighted by Crippen LogP contribution is 2.35. The molecule has 96 valence electrons. The molecule has 17 heavy (non-hydrogen) atoms. The maximum Gasteiger partial charge on any atom is 0.151 e. The van der Waals surface area contributed by atoms with Gasteiger partial charge in [-0.2, -0.15) is 0 Å². The molecular formula is C10H12BrCl2NO2S. The predicted molar refractivity (Wildman–Crippen MR) is 77.0 cm³/mol. The lowest BCUT2D eigenvalue weighted by molar-refractivity contribution is 0.597. The Kier molecular flexibility index (Phi) is 5.57. The average molecular weight is 361 g/mol. The number of rotatable bonds is 5. The Balaban J connectivity index is 2.68. The average Bonchev–Trinajstić information content (AvgIpc) is 2.29. The first-order chi connectivity index (χ1) is 7.87. The van der Waals surface area contributed by atoms with E-state index in [9.17, 15) is 8.42 Å². The Hall–Kier alpha value is 0.0300. The molecule has 0 unspecified atom stereocenters. The second-order valence-corrected chi connectivity index (χ2v) is 7.47. The van der Waals surface area contributed by atoms with Crippen molar-refractivity contribution in [1.29, 1.82) is 0 Å². The van der Waals surface area contributed by atoms with Gasteiger partial charge in [-0.25, -0.2) is 8.42 Å². The van der Waals surface area contributed by atoms with Gasteiger partial charge in [-0.3, -0.25) is 0 Å². The molecule has 1 aromatic carbocycles. The number of anilines is 1. The van der Waals surface area contributed by atoms with Crippen LogP contribution in [0.2, 0.25) is 10.0 Å². The zero-order valence-corrected chi connectivity index (χ0v) is 13.0. The van der Waals surface area contributed by atoms with Crippen LogP contribution >= 0.6 is 39.1 Å². The fourth-order valence-corrected chi connectivity index (χ4v) is 2.69. The molecule has 3 nitrogen and oxygen atoms in total. The SMILES string of the molecule is CCS(=O)(=O)CCNc1ccc(Br)c(Cl)c1Cl. The van der Waals surface area contributed by atoms with E-state index in [1.165, 1.54) is 0 Å². The Labute approximate surface area is 120 Å². The van der Waals surface area contributed by atoms with Crippen LogP contribution in [0.4, 0.5) is 5.69 Å². The van der Waals surface area contributed by atoms with Crippen molar-refractivity contribution in [2.75, 3.05) is 23.4 Å². The van der Waals surface area contributed by atoms with Crippen molar-refractivity contribution < 1.29 is 8.42 Å². The Morgan fingerprint density at radius 1 is 1.29 bits per heavy atom. The first-order valence-electron chi connectivity index (χ1n) is 4.95. The molecule has 0 aliphatic heterocycles. The molecular weight excluding hydrogens is 349 g/mol. The highest BCUT2D eigenvalue weighted by molar-refractivity contribution is 9.10. The van der Waals surface area contributed by atoms with E-state index in [-0.39, 0.29) is 11.5 Å². The lowest BCUT2D eigenvalue weighted by Gasteiger charge is -2.10. The van der Waals surface area contributed by atoms with Crippen LogP contribution in [0, 0.1) is 0 Å². The molecule has 0 aliphatic carbocycles. The first kappa shape index (κ1) is 15.1. The Morgan fingerprint density at radius 2 is 1.94 bits per heavy atom. The lowest BCUT2D eigenvalue weighted by atomic mass is 10.3. The maximum absolute atomic E-state index is 11.3. The molecule has 7 heteroatoms. The minimum absolute atomic E-state index is 0.0769. The van der Waals surface area contributed by atoms with Gasteiger partial charge in [0.2, 0.25) is 0 Å². The summed E-state index contributed by atoms with van der Waals surface area (Å²) in [5, 5.41) is 3.75. The summed E-state index contributed by atoms with van der Waals surface area (Å²) in [5.74, 6) is 0.219. The minimum Gasteiger partial charge on any atom is -0.383 e. The molecule has 0 heterocycles. The monoisotopic (exact) mass is 359 g/mol. The van der Waals surface area contributed by atoms with E-state index in [0.29, 0.717) is 26.8 Å². The van der Waals surface area contributed by atoms with Gasteiger partial charge in [-0.15, -0.1) is 0 Å². The number of halogens is 3. The molecule has 0 radical (unpaired) electrons. The molecule has 0 fully saturated rings. The van der Waals surface area contributed by atoms with Crippen LogP contribution < -0.4 is 5.32 Å². The zero-order chi connectivity index (χ0) is 13.1. The summed E-state index contributed by atoms with van der Waals surface area (Å²) in [6.45, 7) is 1.94. The summed E-state index contributed by atoms with van der Waals surface area (Å²) in [6.07, 6.45) is 0. The van der Waals surface area contributed by atoms with Gasteiger partial charge in [0.15, 0.2) is 9.84 Å². The maximum atomic E-state index is 11.3. The molecule has 0 aliphatic rings. The van der Waals surface area contributed by atoms with Crippen LogP contribution in [0.15, 0.2) is 16.6 Å². The number of sulfone groups is 1. The standard InChI is InChI=1S/C10H12BrCl2NO2S/c1-2-17(15,16)6-5-14-8-4-3-7(11)9(12)10(8)13/h3-4,14H,2,5-6H2,1H3. The molecule has 1 rings (SSSR count). The smallest absolute Gasteiger partial charge is 0.151 e. The van der Waals surface area contributed by atoms with Crippen molar-refractivity contribution in [1.82, 2.24) is 0 Å². The Morgan fingerprint density at radius 3 is 2.53 bits per heavy atom. The van der Waals surface area contributed by atoms with Crippen LogP contribution in [0.1, 0.15) is 6.92 Å². The van der Waals surface area contributed by atoms with Crippen molar-refractivity contribution >= 4 is 54.7 Å². The highest BCUT2D eigenvalue weighted by atomic mass is 79.9. The summed E-state index contributed by atoms with van der Waals surface area (Å²) in [7, 11) is -2.97. The molecule has 0 aromatic heterocycles. The van der Waals surface area contributed by atoms with Gasteiger partial charge in [0.05, 0.1) is 21.5 Å². The number of hydrogen-bond acceptors (Lipinski definition) is 3. The minimum atomic E-state index is -2.97. The number of benzene rings is 1. The van der Waals surface area contributed by atoms with Crippen LogP contribution in [0.25, 0.3) is 0 Å². The van der Waals surface area contributed by atoms with Crippen molar-refractivity contribution in [3.05, 3.63) is 26.7 Å². The van der Waals surface area contributed by atoms with E-state index < -0.39 is 9.84 Å². The first-order valence-corrected chi connectivity index (χ1v) is 8.32.